The third-order valence-electron chi connectivity index (χ3n) is 2.27. The maximum Gasteiger partial charge on any atom is 0.0480 e. The van der Waals surface area contributed by atoms with Gasteiger partial charge in [-0.2, -0.15) is 0 Å². The van der Waals surface area contributed by atoms with Crippen LogP contribution >= 0.6 is 11.6 Å². The number of benzene rings is 1. The quantitative estimate of drug-likeness (QED) is 0.802. The number of hydrogen-bond acceptors (Lipinski definition) is 2. The van der Waals surface area contributed by atoms with E-state index in [4.69, 9.17) is 17.3 Å². The molecule has 0 aromatic heterocycles. The monoisotopic (exact) mass is 212 g/mol. The van der Waals surface area contributed by atoms with Crippen LogP contribution in [0.5, 0.6) is 0 Å². The van der Waals surface area contributed by atoms with Gasteiger partial charge in [0.15, 0.2) is 0 Å². The highest BCUT2D eigenvalue weighted by atomic mass is 35.5. The summed E-state index contributed by atoms with van der Waals surface area (Å²) in [6.45, 7) is 5.49. The molecule has 1 aromatic rings. The SMILES string of the molecule is Cc1cccc(CN[C@@H](C)CN)c1Cl. The smallest absolute Gasteiger partial charge is 0.0480 e. The zero-order valence-corrected chi connectivity index (χ0v) is 9.43. The van der Waals surface area contributed by atoms with Crippen LogP contribution in [-0.4, -0.2) is 12.6 Å². The van der Waals surface area contributed by atoms with Gasteiger partial charge in [0.05, 0.1) is 0 Å². The van der Waals surface area contributed by atoms with Crippen LogP contribution in [0.15, 0.2) is 18.2 Å². The molecule has 0 unspecified atom stereocenters. The van der Waals surface area contributed by atoms with Gasteiger partial charge in [-0.1, -0.05) is 29.8 Å². The first-order chi connectivity index (χ1) is 6.65. The lowest BCUT2D eigenvalue weighted by Gasteiger charge is -2.12. The van der Waals surface area contributed by atoms with Gasteiger partial charge in [0, 0.05) is 24.2 Å². The molecular weight excluding hydrogens is 196 g/mol. The maximum absolute atomic E-state index is 6.15. The Balaban J connectivity index is 2.63. The fraction of sp³-hybridized carbons (Fsp3) is 0.455. The van der Waals surface area contributed by atoms with E-state index in [-0.39, 0.29) is 0 Å². The van der Waals surface area contributed by atoms with Gasteiger partial charge in [-0.25, -0.2) is 0 Å². The second-order valence-electron chi connectivity index (χ2n) is 3.57. The van der Waals surface area contributed by atoms with Crippen molar-refractivity contribution in [3.8, 4) is 0 Å². The molecule has 1 atom stereocenters. The molecule has 0 aliphatic heterocycles. The van der Waals surface area contributed by atoms with E-state index in [1.165, 1.54) is 0 Å². The summed E-state index contributed by atoms with van der Waals surface area (Å²) < 4.78 is 0. The van der Waals surface area contributed by atoms with Crippen LogP contribution in [0.25, 0.3) is 0 Å². The van der Waals surface area contributed by atoms with Gasteiger partial charge in [-0.05, 0) is 25.0 Å². The van der Waals surface area contributed by atoms with E-state index < -0.39 is 0 Å². The summed E-state index contributed by atoms with van der Waals surface area (Å²) in [5, 5.41) is 4.16. The molecular formula is C11H17ClN2. The van der Waals surface area contributed by atoms with Gasteiger partial charge in [0.25, 0.3) is 0 Å². The first-order valence-electron chi connectivity index (χ1n) is 4.82. The number of rotatable bonds is 4. The van der Waals surface area contributed by atoms with Crippen LogP contribution in [0.2, 0.25) is 5.02 Å². The molecule has 0 aliphatic rings. The van der Waals surface area contributed by atoms with Gasteiger partial charge in [0.1, 0.15) is 0 Å². The second kappa shape index (κ2) is 5.35. The van der Waals surface area contributed by atoms with Crippen LogP contribution in [0.1, 0.15) is 18.1 Å². The minimum absolute atomic E-state index is 0.326. The lowest BCUT2D eigenvalue weighted by atomic mass is 10.1. The van der Waals surface area contributed by atoms with Crippen molar-refractivity contribution >= 4 is 11.6 Å². The van der Waals surface area contributed by atoms with Crippen molar-refractivity contribution < 1.29 is 0 Å². The third-order valence-corrected chi connectivity index (χ3v) is 2.81. The van der Waals surface area contributed by atoms with Gasteiger partial charge in [-0.3, -0.25) is 0 Å². The molecule has 1 aromatic carbocycles. The van der Waals surface area contributed by atoms with Crippen molar-refractivity contribution in [1.29, 1.82) is 0 Å². The standard InChI is InChI=1S/C11H17ClN2/c1-8-4-3-5-10(11(8)12)7-14-9(2)6-13/h3-5,9,14H,6-7,13H2,1-2H3/t9-/m0/s1. The Morgan fingerprint density at radius 1 is 1.50 bits per heavy atom. The third kappa shape index (κ3) is 2.98. The molecule has 0 saturated heterocycles. The molecule has 0 spiro atoms. The van der Waals surface area contributed by atoms with Crippen molar-refractivity contribution in [3.05, 3.63) is 34.3 Å². The molecule has 3 N–H and O–H groups in total. The molecule has 0 bridgehead atoms. The Morgan fingerprint density at radius 3 is 2.86 bits per heavy atom. The number of halogens is 1. The number of aryl methyl sites for hydroxylation is 1. The largest absolute Gasteiger partial charge is 0.329 e. The molecule has 2 nitrogen and oxygen atoms in total. The molecule has 14 heavy (non-hydrogen) atoms. The van der Waals surface area contributed by atoms with Gasteiger partial charge in [-0.15, -0.1) is 0 Å². The van der Waals surface area contributed by atoms with E-state index in [2.05, 4.69) is 12.2 Å². The summed E-state index contributed by atoms with van der Waals surface area (Å²) >= 11 is 6.15. The maximum atomic E-state index is 6.15. The van der Waals surface area contributed by atoms with Crippen molar-refractivity contribution in [2.24, 2.45) is 5.73 Å². The summed E-state index contributed by atoms with van der Waals surface area (Å²) in [4.78, 5) is 0. The van der Waals surface area contributed by atoms with Crippen LogP contribution < -0.4 is 11.1 Å². The normalized spacial score (nSPS) is 12.9. The van der Waals surface area contributed by atoms with E-state index in [1.54, 1.807) is 0 Å². The van der Waals surface area contributed by atoms with Crippen molar-refractivity contribution in [2.45, 2.75) is 26.4 Å². The Hall–Kier alpha value is -0.570. The highest BCUT2D eigenvalue weighted by Crippen LogP contribution is 2.19. The van der Waals surface area contributed by atoms with Crippen LogP contribution in [-0.2, 0) is 6.54 Å². The first kappa shape index (κ1) is 11.5. The van der Waals surface area contributed by atoms with Crippen LogP contribution in [0.3, 0.4) is 0 Å². The first-order valence-corrected chi connectivity index (χ1v) is 5.20. The highest BCUT2D eigenvalue weighted by molar-refractivity contribution is 6.32. The van der Waals surface area contributed by atoms with Crippen LogP contribution in [0, 0.1) is 6.92 Å². The number of nitrogens with two attached hydrogens (primary N) is 1. The Bertz CT molecular complexity index is 299. The van der Waals surface area contributed by atoms with Crippen LogP contribution in [0.4, 0.5) is 0 Å². The topological polar surface area (TPSA) is 38.0 Å². The predicted molar refractivity (Wildman–Crippen MR) is 61.5 cm³/mol. The number of nitrogens with one attached hydrogen (secondary N) is 1. The molecule has 0 aliphatic carbocycles. The van der Waals surface area contributed by atoms with E-state index >= 15 is 0 Å². The van der Waals surface area contributed by atoms with Crippen molar-refractivity contribution in [2.75, 3.05) is 6.54 Å². The Labute approximate surface area is 90.4 Å². The molecule has 0 radical (unpaired) electrons. The van der Waals surface area contributed by atoms with Gasteiger partial charge >= 0.3 is 0 Å². The predicted octanol–water partition coefficient (Wildman–Crippen LogP) is 2.09. The Kier molecular flexibility index (Phi) is 4.39. The Morgan fingerprint density at radius 2 is 2.21 bits per heavy atom. The molecule has 0 saturated carbocycles. The lowest BCUT2D eigenvalue weighted by Crippen LogP contribution is -2.32. The summed E-state index contributed by atoms with van der Waals surface area (Å²) in [5.41, 5.74) is 7.76. The summed E-state index contributed by atoms with van der Waals surface area (Å²) in [6, 6.07) is 6.39. The van der Waals surface area contributed by atoms with E-state index in [0.29, 0.717) is 12.6 Å². The zero-order valence-electron chi connectivity index (χ0n) is 8.68. The fourth-order valence-electron chi connectivity index (χ4n) is 1.21. The summed E-state index contributed by atoms with van der Waals surface area (Å²) in [7, 11) is 0. The second-order valence-corrected chi connectivity index (χ2v) is 3.94. The molecule has 0 fully saturated rings. The van der Waals surface area contributed by atoms with E-state index in [0.717, 1.165) is 22.7 Å². The average molecular weight is 213 g/mol. The zero-order chi connectivity index (χ0) is 10.6. The number of hydrogen-bond donors (Lipinski definition) is 2. The molecule has 0 amide bonds. The van der Waals surface area contributed by atoms with Gasteiger partial charge in [0.2, 0.25) is 0 Å². The van der Waals surface area contributed by atoms with E-state index in [1.807, 2.05) is 25.1 Å². The van der Waals surface area contributed by atoms with Crippen molar-refractivity contribution in [1.82, 2.24) is 5.32 Å². The molecule has 78 valence electrons. The minimum Gasteiger partial charge on any atom is -0.329 e. The summed E-state index contributed by atoms with van der Waals surface area (Å²) in [6.07, 6.45) is 0. The highest BCUT2D eigenvalue weighted by Gasteiger charge is 2.03. The molecule has 1 rings (SSSR count). The average Bonchev–Trinajstić information content (AvgIpc) is 2.20. The minimum atomic E-state index is 0.326. The fourth-order valence-corrected chi connectivity index (χ4v) is 1.41. The van der Waals surface area contributed by atoms with E-state index in [9.17, 15) is 0 Å². The molecule has 3 heteroatoms. The van der Waals surface area contributed by atoms with Gasteiger partial charge < -0.3 is 11.1 Å². The molecule has 0 heterocycles. The lowest BCUT2D eigenvalue weighted by molar-refractivity contribution is 0.556. The summed E-state index contributed by atoms with van der Waals surface area (Å²) in [5.74, 6) is 0. The van der Waals surface area contributed by atoms with Crippen molar-refractivity contribution in [3.63, 3.8) is 0 Å².